The molecule has 0 radical (unpaired) electrons. The Labute approximate surface area is 114 Å². The summed E-state index contributed by atoms with van der Waals surface area (Å²) in [6, 6.07) is 5.17. The molecule has 20 heavy (non-hydrogen) atoms. The number of hydrogen-bond donors (Lipinski definition) is 2. The van der Waals surface area contributed by atoms with Gasteiger partial charge in [-0.05, 0) is 12.1 Å². The highest BCUT2D eigenvalue weighted by Gasteiger charge is 2.33. The number of nitrogens with zero attached hydrogens (tertiary/aromatic N) is 1. The van der Waals surface area contributed by atoms with Crippen molar-refractivity contribution in [1.82, 2.24) is 15.3 Å². The lowest BCUT2D eigenvalue weighted by atomic mass is 10.2. The molecule has 7 heteroatoms. The van der Waals surface area contributed by atoms with Crippen molar-refractivity contribution in [3.63, 3.8) is 0 Å². The molecule has 4 nitrogen and oxygen atoms in total. The zero-order chi connectivity index (χ0) is 14.4. The molecule has 0 unspecified atom stereocenters. The van der Waals surface area contributed by atoms with Gasteiger partial charge in [-0.15, -0.1) is 0 Å². The molecule has 0 amide bonds. The molecule has 2 rings (SSSR count). The van der Waals surface area contributed by atoms with Crippen molar-refractivity contribution >= 4 is 0 Å². The van der Waals surface area contributed by atoms with Crippen LogP contribution in [-0.4, -0.2) is 23.1 Å². The minimum atomic E-state index is -4.40. The van der Waals surface area contributed by atoms with Gasteiger partial charge in [-0.3, -0.25) is 0 Å². The molecule has 2 N–H and O–H groups in total. The van der Waals surface area contributed by atoms with E-state index in [2.05, 4.69) is 15.3 Å². The quantitative estimate of drug-likeness (QED) is 0.802. The second-order valence-electron chi connectivity index (χ2n) is 4.06. The molecule has 0 atom stereocenters. The molecule has 0 aliphatic carbocycles. The third kappa shape index (κ3) is 3.99. The van der Waals surface area contributed by atoms with Gasteiger partial charge in [0.25, 0.3) is 0 Å². The van der Waals surface area contributed by atoms with E-state index in [0.717, 1.165) is 11.9 Å². The summed E-state index contributed by atoms with van der Waals surface area (Å²) in [6.45, 7) is 1.08. The molecule has 0 saturated carbocycles. The summed E-state index contributed by atoms with van der Waals surface area (Å²) in [7, 11) is 0. The van der Waals surface area contributed by atoms with E-state index in [1.165, 1.54) is 18.2 Å². The van der Waals surface area contributed by atoms with Crippen molar-refractivity contribution < 1.29 is 17.9 Å². The molecule has 1 aromatic heterocycles. The number of alkyl halides is 3. The molecule has 0 spiro atoms. The highest BCUT2D eigenvalue weighted by atomic mass is 19.4. The van der Waals surface area contributed by atoms with Gasteiger partial charge in [0.05, 0.1) is 12.1 Å². The first kappa shape index (κ1) is 14.4. The summed E-state index contributed by atoms with van der Waals surface area (Å²) in [5.74, 6) is 0.612. The van der Waals surface area contributed by atoms with E-state index in [1.54, 1.807) is 12.4 Å². The van der Waals surface area contributed by atoms with Gasteiger partial charge in [0.1, 0.15) is 18.2 Å². The number of para-hydroxylation sites is 1. The first-order valence-electron chi connectivity index (χ1n) is 6.05. The maximum atomic E-state index is 12.7. The second kappa shape index (κ2) is 6.42. The van der Waals surface area contributed by atoms with Crippen LogP contribution in [0, 0.1) is 0 Å². The van der Waals surface area contributed by atoms with Crippen LogP contribution in [0.3, 0.4) is 0 Å². The van der Waals surface area contributed by atoms with Crippen LogP contribution in [0.4, 0.5) is 13.2 Å². The Morgan fingerprint density at radius 1 is 1.25 bits per heavy atom. The monoisotopic (exact) mass is 285 g/mol. The Morgan fingerprint density at radius 3 is 2.75 bits per heavy atom. The number of benzene rings is 1. The zero-order valence-electron chi connectivity index (χ0n) is 10.6. The number of ether oxygens (including phenoxy) is 1. The summed E-state index contributed by atoms with van der Waals surface area (Å²) in [5.41, 5.74) is -0.758. The summed E-state index contributed by atoms with van der Waals surface area (Å²) < 4.78 is 43.3. The van der Waals surface area contributed by atoms with Gasteiger partial charge < -0.3 is 15.0 Å². The van der Waals surface area contributed by atoms with Crippen molar-refractivity contribution in [1.29, 1.82) is 0 Å². The topological polar surface area (TPSA) is 49.9 Å². The van der Waals surface area contributed by atoms with Crippen LogP contribution in [0.2, 0.25) is 0 Å². The Balaban J connectivity index is 1.79. The van der Waals surface area contributed by atoms with Crippen molar-refractivity contribution in [3.05, 3.63) is 48.0 Å². The average Bonchev–Trinajstić information content (AvgIpc) is 2.91. The fourth-order valence-corrected chi connectivity index (χ4v) is 1.66. The zero-order valence-corrected chi connectivity index (χ0v) is 10.6. The molecule has 1 heterocycles. The van der Waals surface area contributed by atoms with Crippen molar-refractivity contribution in [2.24, 2.45) is 0 Å². The number of aromatic nitrogens is 2. The van der Waals surface area contributed by atoms with E-state index in [0.29, 0.717) is 13.1 Å². The third-order valence-corrected chi connectivity index (χ3v) is 2.58. The number of nitrogens with one attached hydrogen (secondary N) is 2. The van der Waals surface area contributed by atoms with Crippen LogP contribution in [0.1, 0.15) is 11.4 Å². The van der Waals surface area contributed by atoms with E-state index in [4.69, 9.17) is 4.74 Å². The molecule has 0 aliphatic rings. The lowest BCUT2D eigenvalue weighted by Gasteiger charge is -2.13. The molecule has 108 valence electrons. The van der Waals surface area contributed by atoms with Crippen LogP contribution >= 0.6 is 0 Å². The van der Waals surface area contributed by atoms with Crippen LogP contribution < -0.4 is 10.1 Å². The Bertz CT molecular complexity index is 526. The van der Waals surface area contributed by atoms with Crippen molar-refractivity contribution in [2.75, 3.05) is 13.2 Å². The van der Waals surface area contributed by atoms with Gasteiger partial charge in [-0.25, -0.2) is 4.98 Å². The van der Waals surface area contributed by atoms with Gasteiger partial charge in [-0.2, -0.15) is 13.2 Å². The van der Waals surface area contributed by atoms with E-state index < -0.39 is 11.7 Å². The van der Waals surface area contributed by atoms with Crippen LogP contribution in [-0.2, 0) is 12.7 Å². The smallest absolute Gasteiger partial charge is 0.419 e. The maximum absolute atomic E-state index is 12.7. The predicted molar refractivity (Wildman–Crippen MR) is 67.2 cm³/mol. The molecule has 0 aliphatic heterocycles. The highest BCUT2D eigenvalue weighted by molar-refractivity contribution is 5.35. The molecule has 0 bridgehead atoms. The standard InChI is InChI=1S/C13H14F3N3O/c14-13(15,16)10-3-1-2-4-11(10)20-8-7-17-9-12-18-5-6-19-12/h1-6,17H,7-9H2,(H,18,19). The Hall–Kier alpha value is -2.02. The van der Waals surface area contributed by atoms with E-state index in [1.807, 2.05) is 0 Å². The molecule has 2 aromatic rings. The second-order valence-corrected chi connectivity index (χ2v) is 4.06. The fraction of sp³-hybridized carbons (Fsp3) is 0.308. The van der Waals surface area contributed by atoms with Gasteiger partial charge in [0.2, 0.25) is 0 Å². The first-order valence-corrected chi connectivity index (χ1v) is 6.05. The number of H-pyrrole nitrogens is 1. The molecule has 0 fully saturated rings. The van der Waals surface area contributed by atoms with Gasteiger partial charge >= 0.3 is 6.18 Å². The molecule has 1 aromatic carbocycles. The van der Waals surface area contributed by atoms with Crippen LogP contribution in [0.5, 0.6) is 5.75 Å². The van der Waals surface area contributed by atoms with Gasteiger partial charge in [-0.1, -0.05) is 12.1 Å². The lowest BCUT2D eigenvalue weighted by molar-refractivity contribution is -0.138. The predicted octanol–water partition coefficient (Wildman–Crippen LogP) is 2.60. The Morgan fingerprint density at radius 2 is 2.05 bits per heavy atom. The highest BCUT2D eigenvalue weighted by Crippen LogP contribution is 2.35. The summed E-state index contributed by atoms with van der Waals surface area (Å²) in [6.07, 6.45) is -1.07. The Kier molecular flexibility index (Phi) is 4.62. The van der Waals surface area contributed by atoms with Gasteiger partial charge in [0.15, 0.2) is 0 Å². The lowest BCUT2D eigenvalue weighted by Crippen LogP contribution is -2.22. The number of aromatic amines is 1. The van der Waals surface area contributed by atoms with Crippen LogP contribution in [0.15, 0.2) is 36.7 Å². The molecular weight excluding hydrogens is 271 g/mol. The van der Waals surface area contributed by atoms with E-state index in [9.17, 15) is 13.2 Å². The summed E-state index contributed by atoms with van der Waals surface area (Å²) >= 11 is 0. The normalized spacial score (nSPS) is 11.6. The number of hydrogen-bond acceptors (Lipinski definition) is 3. The largest absolute Gasteiger partial charge is 0.492 e. The third-order valence-electron chi connectivity index (χ3n) is 2.58. The van der Waals surface area contributed by atoms with Crippen molar-refractivity contribution in [2.45, 2.75) is 12.7 Å². The van der Waals surface area contributed by atoms with Gasteiger partial charge in [0, 0.05) is 18.9 Å². The van der Waals surface area contributed by atoms with Crippen molar-refractivity contribution in [3.8, 4) is 5.75 Å². The summed E-state index contributed by atoms with van der Waals surface area (Å²) in [5, 5.41) is 3.02. The van der Waals surface area contributed by atoms with E-state index in [-0.39, 0.29) is 12.4 Å². The SMILES string of the molecule is FC(F)(F)c1ccccc1OCCNCc1ncc[nH]1. The maximum Gasteiger partial charge on any atom is 0.419 e. The number of imidazole rings is 1. The molecule has 0 saturated heterocycles. The minimum Gasteiger partial charge on any atom is -0.492 e. The first-order chi connectivity index (χ1) is 9.57. The summed E-state index contributed by atoms with van der Waals surface area (Å²) in [4.78, 5) is 6.92. The molecular formula is C13H14F3N3O. The number of halogens is 3. The fourth-order valence-electron chi connectivity index (χ4n) is 1.66. The average molecular weight is 285 g/mol. The van der Waals surface area contributed by atoms with E-state index >= 15 is 0 Å². The van der Waals surface area contributed by atoms with Crippen LogP contribution in [0.25, 0.3) is 0 Å². The number of rotatable bonds is 6. The minimum absolute atomic E-state index is 0.147.